The molecule has 3 nitrogen and oxygen atoms in total. The molecule has 2 aromatic rings. The van der Waals surface area contributed by atoms with Crippen molar-refractivity contribution in [3.8, 4) is 0 Å². The molecule has 1 saturated heterocycles. The molecule has 1 atom stereocenters. The average Bonchev–Trinajstić information content (AvgIpc) is 2.64. The van der Waals surface area contributed by atoms with Gasteiger partial charge in [-0.1, -0.05) is 47.5 Å². The average molecular weight is 452 g/mol. The van der Waals surface area contributed by atoms with E-state index < -0.39 is 0 Å². The molecule has 0 saturated carbocycles. The summed E-state index contributed by atoms with van der Waals surface area (Å²) in [4.78, 5) is 2.53. The van der Waals surface area contributed by atoms with Crippen LogP contribution in [0.3, 0.4) is 0 Å². The number of nitrogens with one attached hydrogen (secondary N) is 1. The van der Waals surface area contributed by atoms with E-state index in [1.165, 1.54) is 11.1 Å². The minimum atomic E-state index is 0. The summed E-state index contributed by atoms with van der Waals surface area (Å²) in [6, 6.07) is 17.0. The van der Waals surface area contributed by atoms with Gasteiger partial charge in [0.1, 0.15) is 0 Å². The maximum atomic E-state index is 6.09. The van der Waals surface area contributed by atoms with Crippen molar-refractivity contribution in [2.45, 2.75) is 18.5 Å². The monoisotopic (exact) mass is 450 g/mol. The Morgan fingerprint density at radius 3 is 2.00 bits per heavy atom. The van der Waals surface area contributed by atoms with Crippen molar-refractivity contribution < 1.29 is 4.74 Å². The van der Waals surface area contributed by atoms with Crippen molar-refractivity contribution in [3.05, 3.63) is 69.7 Å². The van der Waals surface area contributed by atoms with Crippen LogP contribution >= 0.6 is 48.0 Å². The Kier molecular flexibility index (Phi) is 11.0. The van der Waals surface area contributed by atoms with Crippen LogP contribution in [0.2, 0.25) is 10.0 Å². The van der Waals surface area contributed by atoms with Gasteiger partial charge in [0.2, 0.25) is 0 Å². The lowest BCUT2D eigenvalue weighted by Crippen LogP contribution is -2.52. The molecular weight excluding hydrogens is 426 g/mol. The first-order chi connectivity index (χ1) is 12.2. The molecule has 0 unspecified atom stereocenters. The van der Waals surface area contributed by atoms with E-state index in [2.05, 4.69) is 34.5 Å². The fraction of sp³-hybridized carbons (Fsp3) is 0.400. The molecule has 1 fully saturated rings. The van der Waals surface area contributed by atoms with Crippen LogP contribution in [0.5, 0.6) is 0 Å². The molecule has 1 aliphatic heterocycles. The van der Waals surface area contributed by atoms with E-state index in [1.54, 1.807) is 7.11 Å². The Balaban J connectivity index is 0.00000182. The Labute approximate surface area is 184 Å². The Hall–Kier alpha value is -0.520. The van der Waals surface area contributed by atoms with Gasteiger partial charge >= 0.3 is 0 Å². The molecular formula is C20H26Cl4N2O. The Bertz CT molecular complexity index is 621. The van der Waals surface area contributed by atoms with Gasteiger partial charge in [0.05, 0.1) is 6.04 Å². The number of hydrogen-bond acceptors (Lipinski definition) is 3. The first-order valence-electron chi connectivity index (χ1n) is 8.64. The van der Waals surface area contributed by atoms with Crippen LogP contribution in [-0.4, -0.2) is 44.3 Å². The number of rotatable bonds is 6. The van der Waals surface area contributed by atoms with Crippen LogP contribution in [0.25, 0.3) is 0 Å². The van der Waals surface area contributed by atoms with E-state index in [9.17, 15) is 0 Å². The highest BCUT2D eigenvalue weighted by molar-refractivity contribution is 6.30. The Morgan fingerprint density at radius 2 is 1.52 bits per heavy atom. The van der Waals surface area contributed by atoms with Crippen LogP contribution in [0, 0.1) is 0 Å². The summed E-state index contributed by atoms with van der Waals surface area (Å²) < 4.78 is 5.25. The fourth-order valence-electron chi connectivity index (χ4n) is 3.44. The summed E-state index contributed by atoms with van der Waals surface area (Å²) in [7, 11) is 1.75. The van der Waals surface area contributed by atoms with E-state index in [-0.39, 0.29) is 30.9 Å². The smallest absolute Gasteiger partial charge is 0.0602 e. The molecule has 0 bridgehead atoms. The number of nitrogens with zero attached hydrogens (tertiary/aromatic N) is 1. The second-order valence-corrected chi connectivity index (χ2v) is 7.31. The summed E-state index contributed by atoms with van der Waals surface area (Å²) in [6.07, 6.45) is 1.01. The van der Waals surface area contributed by atoms with Gasteiger partial charge in [0.25, 0.3) is 0 Å². The van der Waals surface area contributed by atoms with Gasteiger partial charge in [-0.15, -0.1) is 24.8 Å². The zero-order chi connectivity index (χ0) is 17.6. The lowest BCUT2D eigenvalue weighted by molar-refractivity contribution is 0.130. The van der Waals surface area contributed by atoms with Gasteiger partial charge in [0.15, 0.2) is 0 Å². The SMILES string of the molecule is COCC[C@H]1CN(C(c2ccc(Cl)cc2)c2ccc(Cl)cc2)CCN1.Cl.Cl. The zero-order valence-corrected chi connectivity index (χ0v) is 18.4. The van der Waals surface area contributed by atoms with Crippen molar-refractivity contribution in [1.29, 1.82) is 0 Å². The molecule has 7 heteroatoms. The van der Waals surface area contributed by atoms with E-state index in [4.69, 9.17) is 27.9 Å². The quantitative estimate of drug-likeness (QED) is 0.650. The third kappa shape index (κ3) is 6.79. The normalized spacial score (nSPS) is 17.3. The summed E-state index contributed by atoms with van der Waals surface area (Å²) in [5.41, 5.74) is 2.50. The maximum absolute atomic E-state index is 6.09. The van der Waals surface area contributed by atoms with Crippen molar-refractivity contribution in [2.75, 3.05) is 33.4 Å². The highest BCUT2D eigenvalue weighted by atomic mass is 35.5. The summed E-state index contributed by atoms with van der Waals surface area (Å²) in [5, 5.41) is 5.12. The first kappa shape index (κ1) is 24.5. The number of methoxy groups -OCH3 is 1. The molecule has 0 aliphatic carbocycles. The van der Waals surface area contributed by atoms with Crippen molar-refractivity contribution in [3.63, 3.8) is 0 Å². The third-order valence-corrected chi connectivity index (χ3v) is 5.20. The lowest BCUT2D eigenvalue weighted by Gasteiger charge is -2.39. The molecule has 2 aromatic carbocycles. The van der Waals surface area contributed by atoms with Crippen LogP contribution in [0.1, 0.15) is 23.6 Å². The third-order valence-electron chi connectivity index (χ3n) is 4.69. The van der Waals surface area contributed by atoms with Gasteiger partial charge in [-0.25, -0.2) is 0 Å². The molecule has 0 radical (unpaired) electrons. The highest BCUT2D eigenvalue weighted by Gasteiger charge is 2.27. The minimum absolute atomic E-state index is 0. The standard InChI is InChI=1S/C20H24Cl2N2O.2ClH/c1-25-13-10-19-14-24(12-11-23-19)20(15-2-6-17(21)7-3-15)16-4-8-18(22)9-5-16;;/h2-9,19-20,23H,10-14H2,1H3;2*1H/t19-;;/m0../s1. The van der Waals surface area contributed by atoms with E-state index in [0.717, 1.165) is 42.7 Å². The second kappa shape index (κ2) is 12.1. The molecule has 1 N–H and O–H groups in total. The van der Waals surface area contributed by atoms with Crippen molar-refractivity contribution in [1.82, 2.24) is 10.2 Å². The minimum Gasteiger partial charge on any atom is -0.385 e. The molecule has 150 valence electrons. The molecule has 1 heterocycles. The molecule has 0 amide bonds. The molecule has 27 heavy (non-hydrogen) atoms. The number of benzene rings is 2. The number of piperazine rings is 1. The van der Waals surface area contributed by atoms with E-state index >= 15 is 0 Å². The predicted octanol–water partition coefficient (Wildman–Crippen LogP) is 5.24. The summed E-state index contributed by atoms with van der Waals surface area (Å²) in [6.45, 7) is 3.74. The summed E-state index contributed by atoms with van der Waals surface area (Å²) >= 11 is 12.2. The molecule has 3 rings (SSSR count). The highest BCUT2D eigenvalue weighted by Crippen LogP contribution is 2.31. The van der Waals surface area contributed by atoms with Gasteiger partial charge in [-0.3, -0.25) is 4.90 Å². The summed E-state index contributed by atoms with van der Waals surface area (Å²) in [5.74, 6) is 0. The Morgan fingerprint density at radius 1 is 1.00 bits per heavy atom. The van der Waals surface area contributed by atoms with Gasteiger partial charge in [-0.05, 0) is 41.8 Å². The number of halogens is 4. The lowest BCUT2D eigenvalue weighted by atomic mass is 9.95. The largest absolute Gasteiger partial charge is 0.385 e. The van der Waals surface area contributed by atoms with E-state index in [1.807, 2.05) is 24.3 Å². The van der Waals surface area contributed by atoms with Crippen molar-refractivity contribution >= 4 is 48.0 Å². The van der Waals surface area contributed by atoms with Crippen LogP contribution in [0.15, 0.2) is 48.5 Å². The van der Waals surface area contributed by atoms with Gasteiger partial charge in [-0.2, -0.15) is 0 Å². The number of ether oxygens (including phenoxy) is 1. The molecule has 1 aliphatic rings. The van der Waals surface area contributed by atoms with Crippen LogP contribution in [0.4, 0.5) is 0 Å². The topological polar surface area (TPSA) is 24.5 Å². The molecule has 0 spiro atoms. The predicted molar refractivity (Wildman–Crippen MR) is 119 cm³/mol. The zero-order valence-electron chi connectivity index (χ0n) is 15.2. The van der Waals surface area contributed by atoms with Crippen molar-refractivity contribution in [2.24, 2.45) is 0 Å². The second-order valence-electron chi connectivity index (χ2n) is 6.43. The molecule has 0 aromatic heterocycles. The number of hydrogen-bond donors (Lipinski definition) is 1. The van der Waals surface area contributed by atoms with Crippen LogP contribution < -0.4 is 5.32 Å². The maximum Gasteiger partial charge on any atom is 0.0602 e. The van der Waals surface area contributed by atoms with Gasteiger partial charge in [0, 0.05) is 49.4 Å². The van der Waals surface area contributed by atoms with E-state index in [0.29, 0.717) is 6.04 Å². The van der Waals surface area contributed by atoms with Gasteiger partial charge < -0.3 is 10.1 Å². The first-order valence-corrected chi connectivity index (χ1v) is 9.40. The van der Waals surface area contributed by atoms with Crippen LogP contribution in [-0.2, 0) is 4.74 Å². The fourth-order valence-corrected chi connectivity index (χ4v) is 3.70.